The van der Waals surface area contributed by atoms with E-state index in [4.69, 9.17) is 5.73 Å². The maximum Gasteiger partial charge on any atom is 0.246 e. The number of nitrogens with two attached hydrogens (primary N) is 1. The quantitative estimate of drug-likeness (QED) is 0.878. The Morgan fingerprint density at radius 2 is 2.00 bits per heavy atom. The SMILES string of the molecule is CCn1cc(S(=O)(=O)NC(C)c2ccc(F)cc2)c(N)n1. The Labute approximate surface area is 122 Å². The average molecular weight is 312 g/mol. The Kier molecular flexibility index (Phi) is 4.29. The van der Waals surface area contributed by atoms with Crippen molar-refractivity contribution in [1.29, 1.82) is 0 Å². The number of hydrogen-bond acceptors (Lipinski definition) is 4. The van der Waals surface area contributed by atoms with Crippen LogP contribution in [0.2, 0.25) is 0 Å². The van der Waals surface area contributed by atoms with Gasteiger partial charge < -0.3 is 5.73 Å². The molecule has 1 aromatic heterocycles. The van der Waals surface area contributed by atoms with E-state index in [9.17, 15) is 12.8 Å². The summed E-state index contributed by atoms with van der Waals surface area (Å²) in [5.41, 5.74) is 6.29. The second-order valence-corrected chi connectivity index (χ2v) is 6.31. The van der Waals surface area contributed by atoms with E-state index < -0.39 is 16.1 Å². The van der Waals surface area contributed by atoms with Gasteiger partial charge >= 0.3 is 0 Å². The van der Waals surface area contributed by atoms with E-state index in [0.717, 1.165) is 0 Å². The summed E-state index contributed by atoms with van der Waals surface area (Å²) in [5, 5.41) is 3.91. The molecule has 0 aliphatic rings. The molecule has 1 heterocycles. The smallest absolute Gasteiger partial charge is 0.246 e. The van der Waals surface area contributed by atoms with Crippen LogP contribution in [-0.4, -0.2) is 18.2 Å². The molecular formula is C13H17FN4O2S. The summed E-state index contributed by atoms with van der Waals surface area (Å²) in [5.74, 6) is -0.419. The first kappa shape index (κ1) is 15.5. The fourth-order valence-electron chi connectivity index (χ4n) is 1.90. The number of hydrogen-bond donors (Lipinski definition) is 2. The molecule has 0 saturated carbocycles. The highest BCUT2D eigenvalue weighted by Gasteiger charge is 2.23. The summed E-state index contributed by atoms with van der Waals surface area (Å²) in [6.07, 6.45) is 1.38. The van der Waals surface area contributed by atoms with Crippen molar-refractivity contribution in [2.75, 3.05) is 5.73 Å². The summed E-state index contributed by atoms with van der Waals surface area (Å²) in [4.78, 5) is -0.0571. The Balaban J connectivity index is 2.24. The third-order valence-corrected chi connectivity index (χ3v) is 4.63. The summed E-state index contributed by atoms with van der Waals surface area (Å²) in [7, 11) is -3.79. The topological polar surface area (TPSA) is 90.0 Å². The van der Waals surface area contributed by atoms with Crippen molar-refractivity contribution in [3.05, 3.63) is 41.8 Å². The van der Waals surface area contributed by atoms with Crippen LogP contribution in [0, 0.1) is 5.82 Å². The van der Waals surface area contributed by atoms with Gasteiger partial charge in [-0.3, -0.25) is 4.68 Å². The van der Waals surface area contributed by atoms with Crippen molar-refractivity contribution in [3.8, 4) is 0 Å². The number of rotatable bonds is 5. The second kappa shape index (κ2) is 5.82. The minimum atomic E-state index is -3.79. The molecule has 1 unspecified atom stereocenters. The lowest BCUT2D eigenvalue weighted by Gasteiger charge is -2.14. The van der Waals surface area contributed by atoms with Gasteiger partial charge in [-0.15, -0.1) is 0 Å². The normalized spacial score (nSPS) is 13.3. The molecule has 0 aliphatic heterocycles. The monoisotopic (exact) mass is 312 g/mol. The van der Waals surface area contributed by atoms with Crippen molar-refractivity contribution in [2.45, 2.75) is 31.3 Å². The molecule has 2 rings (SSSR count). The molecule has 8 heteroatoms. The molecule has 0 amide bonds. The first-order valence-corrected chi connectivity index (χ1v) is 7.92. The molecule has 1 aromatic carbocycles. The molecule has 6 nitrogen and oxygen atoms in total. The molecule has 0 fully saturated rings. The molecule has 0 bridgehead atoms. The van der Waals surface area contributed by atoms with Crippen LogP contribution in [0.3, 0.4) is 0 Å². The van der Waals surface area contributed by atoms with Gasteiger partial charge in [-0.05, 0) is 31.5 Å². The number of aromatic nitrogens is 2. The molecule has 2 aromatic rings. The largest absolute Gasteiger partial charge is 0.381 e. The number of sulfonamides is 1. The standard InChI is InChI=1S/C13H17FN4O2S/c1-3-18-8-12(13(15)16-18)21(19,20)17-9(2)10-4-6-11(14)7-5-10/h4-9,17H,3H2,1-2H3,(H2,15,16). The van der Waals surface area contributed by atoms with Gasteiger partial charge in [-0.2, -0.15) is 5.10 Å². The van der Waals surface area contributed by atoms with E-state index in [1.165, 1.54) is 35.1 Å². The highest BCUT2D eigenvalue weighted by atomic mass is 32.2. The van der Waals surface area contributed by atoms with Crippen molar-refractivity contribution in [2.24, 2.45) is 0 Å². The minimum Gasteiger partial charge on any atom is -0.381 e. The van der Waals surface area contributed by atoms with Gasteiger partial charge in [0.1, 0.15) is 10.7 Å². The van der Waals surface area contributed by atoms with Crippen molar-refractivity contribution in [1.82, 2.24) is 14.5 Å². The number of nitrogen functional groups attached to an aromatic ring is 1. The molecule has 114 valence electrons. The number of anilines is 1. The lowest BCUT2D eigenvalue weighted by atomic mass is 10.1. The van der Waals surface area contributed by atoms with Crippen molar-refractivity contribution < 1.29 is 12.8 Å². The fourth-order valence-corrected chi connectivity index (χ4v) is 3.21. The zero-order valence-electron chi connectivity index (χ0n) is 11.7. The summed E-state index contributed by atoms with van der Waals surface area (Å²) < 4.78 is 41.5. The van der Waals surface area contributed by atoms with Gasteiger partial charge in [0.15, 0.2) is 5.82 Å². The number of benzene rings is 1. The molecule has 1 atom stereocenters. The second-order valence-electron chi connectivity index (χ2n) is 4.63. The van der Waals surface area contributed by atoms with Gasteiger partial charge in [0.2, 0.25) is 10.0 Å². The van der Waals surface area contributed by atoms with Crippen molar-refractivity contribution >= 4 is 15.8 Å². The molecule has 0 saturated heterocycles. The van der Waals surface area contributed by atoms with Gasteiger partial charge in [-0.1, -0.05) is 12.1 Å². The Morgan fingerprint density at radius 3 is 2.52 bits per heavy atom. The van der Waals surface area contributed by atoms with E-state index in [-0.39, 0.29) is 16.5 Å². The molecule has 21 heavy (non-hydrogen) atoms. The predicted octanol–water partition coefficient (Wildman–Crippen LogP) is 1.66. The van der Waals surface area contributed by atoms with Gasteiger partial charge in [-0.25, -0.2) is 17.5 Å². The Hall–Kier alpha value is -1.93. The van der Waals surface area contributed by atoms with Crippen LogP contribution >= 0.6 is 0 Å². The third-order valence-electron chi connectivity index (χ3n) is 3.07. The van der Waals surface area contributed by atoms with Gasteiger partial charge in [0, 0.05) is 18.8 Å². The van der Waals surface area contributed by atoms with Crippen LogP contribution in [0.4, 0.5) is 10.2 Å². The molecular weight excluding hydrogens is 295 g/mol. The van der Waals surface area contributed by atoms with E-state index in [2.05, 4.69) is 9.82 Å². The zero-order chi connectivity index (χ0) is 15.6. The van der Waals surface area contributed by atoms with Crippen LogP contribution < -0.4 is 10.5 Å². The molecule has 0 spiro atoms. The first-order valence-electron chi connectivity index (χ1n) is 6.44. The van der Waals surface area contributed by atoms with Crippen LogP contribution in [0.1, 0.15) is 25.5 Å². The number of nitrogens with zero attached hydrogens (tertiary/aromatic N) is 2. The number of nitrogens with one attached hydrogen (secondary N) is 1. The van der Waals surface area contributed by atoms with Gasteiger partial charge in [0.25, 0.3) is 0 Å². The van der Waals surface area contributed by atoms with Crippen LogP contribution in [-0.2, 0) is 16.6 Å². The highest BCUT2D eigenvalue weighted by Crippen LogP contribution is 2.20. The minimum absolute atomic E-state index is 0.0457. The first-order chi connectivity index (χ1) is 9.83. The fraction of sp³-hybridized carbons (Fsp3) is 0.308. The lowest BCUT2D eigenvalue weighted by molar-refractivity contribution is 0.566. The van der Waals surface area contributed by atoms with E-state index in [1.54, 1.807) is 6.92 Å². The third kappa shape index (κ3) is 3.40. The maximum absolute atomic E-state index is 12.9. The van der Waals surface area contributed by atoms with Crippen molar-refractivity contribution in [3.63, 3.8) is 0 Å². The highest BCUT2D eigenvalue weighted by molar-refractivity contribution is 7.89. The van der Waals surface area contributed by atoms with Crippen LogP contribution in [0.5, 0.6) is 0 Å². The summed E-state index contributed by atoms with van der Waals surface area (Å²) in [6.45, 7) is 4.02. The number of aryl methyl sites for hydroxylation is 1. The summed E-state index contributed by atoms with van der Waals surface area (Å²) >= 11 is 0. The van der Waals surface area contributed by atoms with E-state index in [0.29, 0.717) is 12.1 Å². The Bertz CT molecular complexity index is 725. The average Bonchev–Trinajstić information content (AvgIpc) is 2.81. The number of halogens is 1. The molecule has 0 aliphatic carbocycles. The van der Waals surface area contributed by atoms with E-state index >= 15 is 0 Å². The Morgan fingerprint density at radius 1 is 1.38 bits per heavy atom. The van der Waals surface area contributed by atoms with Gasteiger partial charge in [0.05, 0.1) is 0 Å². The zero-order valence-corrected chi connectivity index (χ0v) is 12.6. The van der Waals surface area contributed by atoms with Crippen LogP contribution in [0.25, 0.3) is 0 Å². The van der Waals surface area contributed by atoms with Crippen LogP contribution in [0.15, 0.2) is 35.4 Å². The maximum atomic E-state index is 12.9. The molecule has 3 N–H and O–H groups in total. The lowest BCUT2D eigenvalue weighted by Crippen LogP contribution is -2.27. The van der Waals surface area contributed by atoms with E-state index in [1.807, 2.05) is 6.92 Å². The predicted molar refractivity (Wildman–Crippen MR) is 77.4 cm³/mol. The molecule has 0 radical (unpaired) electrons. The summed E-state index contributed by atoms with van der Waals surface area (Å²) in [6, 6.07) is 5.11.